The highest BCUT2D eigenvalue weighted by atomic mass is 16.4. The number of fused-ring (bicyclic) bond motifs is 4. The zero-order valence-electron chi connectivity index (χ0n) is 9.58. The molecular formula is C13H20O3. The van der Waals surface area contributed by atoms with E-state index in [1.807, 2.05) is 0 Å². The fourth-order valence-corrected chi connectivity index (χ4v) is 5.43. The third kappa shape index (κ3) is 0.642. The first kappa shape index (κ1) is 9.86. The van der Waals surface area contributed by atoms with E-state index < -0.39 is 17.3 Å². The Labute approximate surface area is 95.5 Å². The second-order valence-electron chi connectivity index (χ2n) is 6.62. The second-order valence-corrected chi connectivity index (χ2v) is 6.62. The van der Waals surface area contributed by atoms with Crippen LogP contribution in [-0.4, -0.2) is 32.6 Å². The van der Waals surface area contributed by atoms with Crippen molar-refractivity contribution in [2.24, 2.45) is 10.8 Å². The van der Waals surface area contributed by atoms with Crippen LogP contribution in [0, 0.1) is 10.8 Å². The number of aliphatic hydroxyl groups excluding tert-OH is 1. The third-order valence-corrected chi connectivity index (χ3v) is 6.31. The Morgan fingerprint density at radius 3 is 2.06 bits per heavy atom. The van der Waals surface area contributed by atoms with Crippen molar-refractivity contribution in [2.45, 2.75) is 68.7 Å². The second kappa shape index (κ2) is 2.36. The summed E-state index contributed by atoms with van der Waals surface area (Å²) < 4.78 is 0. The molecule has 0 radical (unpaired) electrons. The van der Waals surface area contributed by atoms with E-state index in [4.69, 9.17) is 0 Å². The van der Waals surface area contributed by atoms with Crippen molar-refractivity contribution in [3.05, 3.63) is 0 Å². The average Bonchev–Trinajstić information content (AvgIpc) is 3.13. The van der Waals surface area contributed by atoms with E-state index in [1.165, 1.54) is 6.42 Å². The number of hydrogen-bond acceptors (Lipinski definition) is 3. The molecule has 2 spiro atoms. The Kier molecular flexibility index (Phi) is 1.45. The maximum Gasteiger partial charge on any atom is 0.129 e. The van der Waals surface area contributed by atoms with Crippen molar-refractivity contribution < 1.29 is 15.3 Å². The van der Waals surface area contributed by atoms with Gasteiger partial charge in [0, 0.05) is 10.8 Å². The number of hydrogen-bond donors (Lipinski definition) is 3. The molecule has 4 aliphatic rings. The molecule has 4 fully saturated rings. The van der Waals surface area contributed by atoms with Gasteiger partial charge in [-0.15, -0.1) is 0 Å². The Morgan fingerprint density at radius 1 is 0.875 bits per heavy atom. The summed E-state index contributed by atoms with van der Waals surface area (Å²) in [7, 11) is 0. The van der Waals surface area contributed by atoms with E-state index in [-0.39, 0.29) is 10.8 Å². The normalized spacial score (nSPS) is 55.3. The van der Waals surface area contributed by atoms with Gasteiger partial charge in [0.25, 0.3) is 0 Å². The van der Waals surface area contributed by atoms with Crippen LogP contribution in [0.15, 0.2) is 0 Å². The summed E-state index contributed by atoms with van der Waals surface area (Å²) in [5.41, 5.74) is -2.60. The lowest BCUT2D eigenvalue weighted by Gasteiger charge is -2.32. The lowest BCUT2D eigenvalue weighted by Crippen LogP contribution is -2.35. The van der Waals surface area contributed by atoms with Crippen molar-refractivity contribution in [3.8, 4) is 0 Å². The summed E-state index contributed by atoms with van der Waals surface area (Å²) >= 11 is 0. The highest BCUT2D eigenvalue weighted by Crippen LogP contribution is 2.88. The maximum absolute atomic E-state index is 11.0. The first-order valence-corrected chi connectivity index (χ1v) is 6.67. The van der Waals surface area contributed by atoms with Gasteiger partial charge in [-0.05, 0) is 32.1 Å². The molecule has 0 aliphatic heterocycles. The molecule has 0 unspecified atom stereocenters. The fraction of sp³-hybridized carbons (Fsp3) is 1.00. The zero-order valence-corrected chi connectivity index (χ0v) is 9.58. The minimum absolute atomic E-state index is 0.126. The summed E-state index contributed by atoms with van der Waals surface area (Å²) in [4.78, 5) is 0. The standard InChI is InChI=1S/C13H20O3/c14-9-8-10(6-7-10)13(16)11(12(9,13)15)4-2-1-3-5-11/h9,14-16H,1-8H2/t9-,12-,13+/m1/s1. The minimum atomic E-state index is -1.17. The summed E-state index contributed by atoms with van der Waals surface area (Å²) in [5, 5.41) is 31.8. The molecule has 90 valence electrons. The van der Waals surface area contributed by atoms with E-state index in [9.17, 15) is 15.3 Å². The van der Waals surface area contributed by atoms with Gasteiger partial charge in [0.1, 0.15) is 11.2 Å². The lowest BCUT2D eigenvalue weighted by molar-refractivity contribution is -0.0391. The first-order valence-electron chi connectivity index (χ1n) is 6.67. The average molecular weight is 224 g/mol. The van der Waals surface area contributed by atoms with Gasteiger partial charge >= 0.3 is 0 Å². The molecule has 0 aromatic rings. The van der Waals surface area contributed by atoms with Gasteiger partial charge in [-0.3, -0.25) is 0 Å². The SMILES string of the molecule is O[C@@H]1CC2(CC2)[C@]2(O)C3(CCCCC3)[C@]12O. The molecule has 0 saturated heterocycles. The van der Waals surface area contributed by atoms with Crippen LogP contribution in [0.4, 0.5) is 0 Å². The van der Waals surface area contributed by atoms with Crippen LogP contribution in [0.1, 0.15) is 51.4 Å². The van der Waals surface area contributed by atoms with Crippen LogP contribution in [0.3, 0.4) is 0 Å². The summed E-state index contributed by atoms with van der Waals surface area (Å²) in [5.74, 6) is 0. The van der Waals surface area contributed by atoms with Gasteiger partial charge in [0.2, 0.25) is 0 Å². The van der Waals surface area contributed by atoms with Gasteiger partial charge in [-0.2, -0.15) is 0 Å². The van der Waals surface area contributed by atoms with Gasteiger partial charge in [-0.1, -0.05) is 19.3 Å². The molecule has 4 aliphatic carbocycles. The minimum Gasteiger partial charge on any atom is -0.390 e. The van der Waals surface area contributed by atoms with Crippen LogP contribution in [0.25, 0.3) is 0 Å². The lowest BCUT2D eigenvalue weighted by atomic mass is 9.74. The van der Waals surface area contributed by atoms with Crippen molar-refractivity contribution in [3.63, 3.8) is 0 Å². The van der Waals surface area contributed by atoms with Gasteiger partial charge in [0.15, 0.2) is 0 Å². The Bertz CT molecular complexity index is 356. The molecule has 3 heteroatoms. The van der Waals surface area contributed by atoms with Crippen LogP contribution in [0.2, 0.25) is 0 Å². The van der Waals surface area contributed by atoms with Crippen molar-refractivity contribution in [1.29, 1.82) is 0 Å². The topological polar surface area (TPSA) is 60.7 Å². The third-order valence-electron chi connectivity index (χ3n) is 6.31. The predicted octanol–water partition coefficient (Wildman–Crippen LogP) is 0.958. The summed E-state index contributed by atoms with van der Waals surface area (Å²) in [6.07, 6.45) is 7.09. The highest BCUT2D eigenvalue weighted by molar-refractivity contribution is 5.48. The van der Waals surface area contributed by atoms with E-state index in [0.29, 0.717) is 6.42 Å². The molecule has 0 amide bonds. The van der Waals surface area contributed by atoms with Crippen molar-refractivity contribution >= 4 is 0 Å². The molecule has 0 bridgehead atoms. The maximum atomic E-state index is 11.0. The Balaban J connectivity index is 1.82. The quantitative estimate of drug-likeness (QED) is 0.574. The zero-order chi connectivity index (χ0) is 11.2. The Morgan fingerprint density at radius 2 is 1.50 bits per heavy atom. The van der Waals surface area contributed by atoms with Crippen LogP contribution in [-0.2, 0) is 0 Å². The van der Waals surface area contributed by atoms with Crippen molar-refractivity contribution in [2.75, 3.05) is 0 Å². The molecule has 3 N–H and O–H groups in total. The highest BCUT2D eigenvalue weighted by Gasteiger charge is 2.98. The molecule has 3 atom stereocenters. The smallest absolute Gasteiger partial charge is 0.129 e. The number of rotatable bonds is 0. The van der Waals surface area contributed by atoms with E-state index >= 15 is 0 Å². The van der Waals surface area contributed by atoms with E-state index in [2.05, 4.69) is 0 Å². The molecular weight excluding hydrogens is 204 g/mol. The molecule has 0 aromatic carbocycles. The fourth-order valence-electron chi connectivity index (χ4n) is 5.43. The molecule has 0 aromatic heterocycles. The Hall–Kier alpha value is -0.120. The summed E-state index contributed by atoms with van der Waals surface area (Å²) in [6.45, 7) is 0. The van der Waals surface area contributed by atoms with E-state index in [0.717, 1.165) is 38.5 Å². The molecule has 3 nitrogen and oxygen atoms in total. The first-order chi connectivity index (χ1) is 7.54. The molecule has 16 heavy (non-hydrogen) atoms. The van der Waals surface area contributed by atoms with Crippen molar-refractivity contribution in [1.82, 2.24) is 0 Å². The van der Waals surface area contributed by atoms with Gasteiger partial charge in [-0.25, -0.2) is 0 Å². The van der Waals surface area contributed by atoms with Gasteiger partial charge < -0.3 is 15.3 Å². The number of aliphatic hydroxyl groups is 3. The van der Waals surface area contributed by atoms with Crippen LogP contribution < -0.4 is 0 Å². The van der Waals surface area contributed by atoms with E-state index in [1.54, 1.807) is 0 Å². The predicted molar refractivity (Wildman–Crippen MR) is 57.7 cm³/mol. The molecule has 4 rings (SSSR count). The largest absolute Gasteiger partial charge is 0.390 e. The molecule has 0 heterocycles. The van der Waals surface area contributed by atoms with Crippen LogP contribution >= 0.6 is 0 Å². The van der Waals surface area contributed by atoms with Gasteiger partial charge in [0.05, 0.1) is 6.10 Å². The van der Waals surface area contributed by atoms with Crippen LogP contribution in [0.5, 0.6) is 0 Å². The molecule has 4 saturated carbocycles. The summed E-state index contributed by atoms with van der Waals surface area (Å²) in [6, 6.07) is 0. The monoisotopic (exact) mass is 224 g/mol.